The maximum absolute atomic E-state index is 12.4. The van der Waals surface area contributed by atoms with E-state index in [0.29, 0.717) is 10.6 Å². The Kier molecular flexibility index (Phi) is 6.61. The van der Waals surface area contributed by atoms with Crippen molar-refractivity contribution in [1.82, 2.24) is 9.97 Å². The lowest BCUT2D eigenvalue weighted by molar-refractivity contribution is 0.0579. The molecule has 0 radical (unpaired) electrons. The zero-order valence-electron chi connectivity index (χ0n) is 16.6. The number of hydrogen-bond acceptors (Lipinski definition) is 5. The Hall–Kier alpha value is -2.67. The Morgan fingerprint density at radius 2 is 1.71 bits per heavy atom. The van der Waals surface area contributed by atoms with Crippen LogP contribution in [0.2, 0.25) is 5.15 Å². The van der Waals surface area contributed by atoms with E-state index in [1.54, 1.807) is 26.8 Å². The van der Waals surface area contributed by atoms with Crippen LogP contribution in [0, 0.1) is 0 Å². The van der Waals surface area contributed by atoms with Gasteiger partial charge in [0.15, 0.2) is 0 Å². The highest BCUT2D eigenvalue weighted by Crippen LogP contribution is 2.30. The lowest BCUT2D eigenvalue weighted by atomic mass is 9.95. The molecule has 7 nitrogen and oxygen atoms in total. The molecule has 2 aromatic rings. The Balaban J connectivity index is 2.62. The highest BCUT2D eigenvalue weighted by Gasteiger charge is 2.31. The number of carboxylic acid groups (broad SMARTS) is 1. The topological polar surface area (TPSA) is 92.6 Å². The van der Waals surface area contributed by atoms with E-state index in [1.807, 2.05) is 32.0 Å². The van der Waals surface area contributed by atoms with Gasteiger partial charge >= 0.3 is 12.2 Å². The van der Waals surface area contributed by atoms with Gasteiger partial charge in [-0.25, -0.2) is 14.6 Å². The first-order valence-corrected chi connectivity index (χ1v) is 9.36. The average Bonchev–Trinajstić information content (AvgIpc) is 2.58. The summed E-state index contributed by atoms with van der Waals surface area (Å²) in [5.41, 5.74) is 2.53. The summed E-state index contributed by atoms with van der Waals surface area (Å²) in [5, 5.41) is 9.58. The molecule has 0 aliphatic carbocycles. The molecular weight excluding hydrogens is 382 g/mol. The molecule has 0 aliphatic heterocycles. The minimum Gasteiger partial charge on any atom is -0.464 e. The second kappa shape index (κ2) is 8.56. The number of benzene rings is 1. The van der Waals surface area contributed by atoms with Crippen LogP contribution in [0.4, 0.5) is 15.5 Å². The Labute approximate surface area is 169 Å². The van der Waals surface area contributed by atoms with Crippen LogP contribution in [0.5, 0.6) is 0 Å². The second-order valence-corrected chi connectivity index (χ2v) is 7.52. The van der Waals surface area contributed by atoms with Gasteiger partial charge in [0, 0.05) is 11.6 Å². The van der Waals surface area contributed by atoms with Crippen LogP contribution in [-0.4, -0.2) is 32.9 Å². The number of carbonyl (C=O) groups is 2. The molecule has 2 rings (SSSR count). The number of ether oxygens (including phenoxy) is 1. The van der Waals surface area contributed by atoms with Gasteiger partial charge in [-0.15, -0.1) is 4.90 Å². The number of halogens is 1. The van der Waals surface area contributed by atoms with Crippen LogP contribution < -0.4 is 4.90 Å². The summed E-state index contributed by atoms with van der Waals surface area (Å²) >= 11 is 6.15. The molecule has 8 heteroatoms. The molecular formula is C20H24ClN3O4. The van der Waals surface area contributed by atoms with E-state index in [1.165, 1.54) is 0 Å². The molecule has 1 N–H and O–H groups in total. The van der Waals surface area contributed by atoms with Crippen LogP contribution in [-0.2, 0) is 17.6 Å². The van der Waals surface area contributed by atoms with Gasteiger partial charge in [-0.3, -0.25) is 0 Å². The van der Waals surface area contributed by atoms with E-state index in [2.05, 4.69) is 9.97 Å². The monoisotopic (exact) mass is 405 g/mol. The predicted octanol–water partition coefficient (Wildman–Crippen LogP) is 5.34. The minimum atomic E-state index is -1.55. The van der Waals surface area contributed by atoms with Crippen molar-refractivity contribution in [1.29, 1.82) is 0 Å². The summed E-state index contributed by atoms with van der Waals surface area (Å²) in [6, 6.07) is 7.49. The molecule has 0 aliphatic rings. The molecule has 0 fully saturated rings. The van der Waals surface area contributed by atoms with Gasteiger partial charge in [0.1, 0.15) is 10.8 Å². The van der Waals surface area contributed by atoms with Crippen molar-refractivity contribution < 1.29 is 19.4 Å². The van der Waals surface area contributed by atoms with Crippen LogP contribution in [0.15, 0.2) is 24.3 Å². The molecule has 0 saturated heterocycles. The summed E-state index contributed by atoms with van der Waals surface area (Å²) < 4.78 is 5.17. The van der Waals surface area contributed by atoms with Gasteiger partial charge in [-0.05, 0) is 44.7 Å². The van der Waals surface area contributed by atoms with E-state index in [0.717, 1.165) is 29.5 Å². The van der Waals surface area contributed by atoms with Crippen LogP contribution >= 0.6 is 11.6 Å². The number of carbonyl (C=O) groups excluding carboxylic acids is 1. The quantitative estimate of drug-likeness (QED) is 0.690. The number of aromatic nitrogens is 2. The molecule has 150 valence electrons. The van der Waals surface area contributed by atoms with E-state index < -0.39 is 17.8 Å². The second-order valence-electron chi connectivity index (χ2n) is 7.13. The molecule has 0 saturated carbocycles. The first kappa shape index (κ1) is 21.6. The number of rotatable bonds is 4. The van der Waals surface area contributed by atoms with Gasteiger partial charge in [-0.1, -0.05) is 43.6 Å². The third kappa shape index (κ3) is 4.98. The zero-order valence-corrected chi connectivity index (χ0v) is 17.4. The van der Waals surface area contributed by atoms with Crippen molar-refractivity contribution in [3.8, 4) is 11.3 Å². The largest absolute Gasteiger partial charge is 0.464 e. The minimum absolute atomic E-state index is 0.0303. The van der Waals surface area contributed by atoms with Crippen LogP contribution in [0.25, 0.3) is 11.3 Å². The number of hydrogen-bond donors (Lipinski definition) is 1. The zero-order chi connectivity index (χ0) is 21.1. The molecule has 28 heavy (non-hydrogen) atoms. The van der Waals surface area contributed by atoms with Crippen molar-refractivity contribution in [2.75, 3.05) is 4.90 Å². The number of amides is 2. The number of nitrogens with zero attached hydrogens (tertiary/aromatic N) is 3. The summed E-state index contributed by atoms with van der Waals surface area (Å²) in [7, 11) is 0. The number of imide groups is 1. The van der Waals surface area contributed by atoms with Crippen molar-refractivity contribution in [3.63, 3.8) is 0 Å². The van der Waals surface area contributed by atoms with Gasteiger partial charge in [0.2, 0.25) is 5.95 Å². The van der Waals surface area contributed by atoms with Crippen LogP contribution in [0.1, 0.15) is 45.7 Å². The molecule has 2 amide bonds. The first-order valence-electron chi connectivity index (χ1n) is 8.99. The number of anilines is 1. The van der Waals surface area contributed by atoms with E-state index >= 15 is 0 Å². The first-order chi connectivity index (χ1) is 13.1. The maximum atomic E-state index is 12.4. The Morgan fingerprint density at radius 3 is 2.18 bits per heavy atom. The molecule has 0 unspecified atom stereocenters. The molecule has 1 aromatic carbocycles. The summed E-state index contributed by atoms with van der Waals surface area (Å²) in [6.07, 6.45) is -1.13. The van der Waals surface area contributed by atoms with Crippen molar-refractivity contribution >= 4 is 29.7 Å². The van der Waals surface area contributed by atoms with Gasteiger partial charge in [0.25, 0.3) is 0 Å². The smallest absolute Gasteiger partial charge is 0.427 e. The SMILES string of the molecule is CCc1cccc(CC)c1-c1cc(Cl)nc(N(C(=O)O)C(=O)OC(C)(C)C)n1. The standard InChI is InChI=1S/C20H24ClN3O4/c1-6-12-9-8-10-13(7-2)16(12)14-11-15(21)23-17(22-14)24(18(25)26)19(27)28-20(3,4)5/h8-11H,6-7H2,1-5H3,(H,25,26). The summed E-state index contributed by atoms with van der Waals surface area (Å²) in [6.45, 7) is 8.96. The van der Waals surface area contributed by atoms with Gasteiger partial charge < -0.3 is 9.84 Å². The molecule has 0 spiro atoms. The fourth-order valence-corrected chi connectivity index (χ4v) is 2.94. The van der Waals surface area contributed by atoms with Gasteiger partial charge in [-0.2, -0.15) is 4.98 Å². The van der Waals surface area contributed by atoms with Gasteiger partial charge in [0.05, 0.1) is 5.69 Å². The maximum Gasteiger partial charge on any atom is 0.427 e. The van der Waals surface area contributed by atoms with E-state index in [4.69, 9.17) is 16.3 Å². The fraction of sp³-hybridized carbons (Fsp3) is 0.400. The normalized spacial score (nSPS) is 11.2. The lowest BCUT2D eigenvalue weighted by Gasteiger charge is -2.23. The number of aryl methyl sites for hydroxylation is 2. The highest BCUT2D eigenvalue weighted by atomic mass is 35.5. The highest BCUT2D eigenvalue weighted by molar-refractivity contribution is 6.29. The molecule has 1 aromatic heterocycles. The summed E-state index contributed by atoms with van der Waals surface area (Å²) in [5.74, 6) is -0.350. The van der Waals surface area contributed by atoms with Crippen molar-refractivity contribution in [2.45, 2.75) is 53.1 Å². The molecule has 0 atom stereocenters. The third-order valence-corrected chi connectivity index (χ3v) is 4.10. The summed E-state index contributed by atoms with van der Waals surface area (Å²) in [4.78, 5) is 32.8. The van der Waals surface area contributed by atoms with E-state index in [-0.39, 0.29) is 11.1 Å². The van der Waals surface area contributed by atoms with Crippen molar-refractivity contribution in [2.24, 2.45) is 0 Å². The predicted molar refractivity (Wildman–Crippen MR) is 108 cm³/mol. The Morgan fingerprint density at radius 1 is 1.14 bits per heavy atom. The van der Waals surface area contributed by atoms with E-state index in [9.17, 15) is 14.7 Å². The molecule has 1 heterocycles. The molecule has 0 bridgehead atoms. The Bertz CT molecular complexity index is 871. The average molecular weight is 406 g/mol. The van der Waals surface area contributed by atoms with Crippen LogP contribution in [0.3, 0.4) is 0 Å². The van der Waals surface area contributed by atoms with Crippen molar-refractivity contribution in [3.05, 3.63) is 40.5 Å². The third-order valence-electron chi connectivity index (χ3n) is 3.91. The fourth-order valence-electron chi connectivity index (χ4n) is 2.76. The lowest BCUT2D eigenvalue weighted by Crippen LogP contribution is -2.41.